The minimum Gasteiger partial charge on any atom is -0.393 e. The molecule has 21 rings (SSSR count). The highest BCUT2D eigenvalue weighted by Gasteiger charge is 2.81. The van der Waals surface area contributed by atoms with Crippen molar-refractivity contribution in [2.75, 3.05) is 33.0 Å². The van der Waals surface area contributed by atoms with Crippen LogP contribution in [0.4, 0.5) is 8.78 Å². The van der Waals surface area contributed by atoms with Crippen LogP contribution in [0.1, 0.15) is 239 Å². The van der Waals surface area contributed by atoms with E-state index in [1.54, 1.807) is 104 Å². The Morgan fingerprint density at radius 3 is 1.15 bits per heavy atom. The Kier molecular flexibility index (Phi) is 25.8. The fourth-order valence-corrected chi connectivity index (χ4v) is 37.4. The molecule has 1 saturated heterocycles. The van der Waals surface area contributed by atoms with E-state index < -0.39 is 187 Å². The van der Waals surface area contributed by atoms with Crippen LogP contribution in [0.3, 0.4) is 0 Å². The molecule has 38 unspecified atom stereocenters. The lowest BCUT2D eigenvalue weighted by Crippen LogP contribution is -2.69. The van der Waals surface area contributed by atoms with E-state index in [-0.39, 0.29) is 147 Å². The summed E-state index contributed by atoms with van der Waals surface area (Å²) in [6.07, 6.45) is 31.0. The standard InChI is InChI=1S/C24H32O6.C23H32O4.2C22H29FO5.C22H30O5/c1-21(2)29-19-10-16-15-6-5-13-9-14(26)7-8-22(13,3)20(15)17(27)11-23(16,4)24(19,30-21)18(28)12-25;1-13-9-16-17-6-8-23(27,14(2)12-24)22(17,4)11-19(26)20(16)21(3)7-5-15(25)10-18(13)21;2*1-12-8-16-15-5-4-13-9-14(25)6-7-19(13,2)21(15,23)17(26)10-20(16,3)22(12,28)18(27)11-24;1-12-8-16-15-5-4-13-9-14(24)6-7-20(13,2)19(15)17(25)10-21(16,3)22(12,27)18(26)11-23/h7-9,15-17,19-20,25,27H,5-6,10-12H2,1-4H3;5,7,10,13,16-17,19-20,24,26-27H,2,6,8-9,11-12H2,1,3-4H3;2*6-7,9,12,15-17,24,26,28H,4-5,8,10-11H2,1-3H3;6-7,9,12,15-17,19,23,25,27H,4-5,8,10-11H2,1-3H3/t;;2*12-,15?,16?,17?,19?,20?,21?,22?;/m..10./s1. The third kappa shape index (κ3) is 13.8. The molecule has 25 nitrogen and oxygen atoms in total. The number of ketones is 9. The molecule has 140 heavy (non-hydrogen) atoms. The molecule has 27 heteroatoms. The summed E-state index contributed by atoms with van der Waals surface area (Å²) in [5.41, 5.74) is -13.4. The summed E-state index contributed by atoms with van der Waals surface area (Å²) < 4.78 is 46.3. The van der Waals surface area contributed by atoms with Crippen molar-refractivity contribution in [3.8, 4) is 0 Å². The van der Waals surface area contributed by atoms with E-state index in [1.807, 2.05) is 39.0 Å². The van der Waals surface area contributed by atoms with Crippen LogP contribution in [0.25, 0.3) is 0 Å². The summed E-state index contributed by atoms with van der Waals surface area (Å²) in [6, 6.07) is 0. The number of rotatable bonds is 10. The van der Waals surface area contributed by atoms with Crippen molar-refractivity contribution in [2.45, 2.75) is 321 Å². The van der Waals surface area contributed by atoms with Crippen LogP contribution >= 0.6 is 0 Å². The molecule has 0 aromatic carbocycles. The van der Waals surface area contributed by atoms with Gasteiger partial charge in [-0.05, 0) is 293 Å². The van der Waals surface area contributed by atoms with Gasteiger partial charge in [-0.15, -0.1) is 0 Å². The van der Waals surface area contributed by atoms with Gasteiger partial charge >= 0.3 is 0 Å². The quantitative estimate of drug-likeness (QED) is 0.0904. The predicted molar refractivity (Wildman–Crippen MR) is 511 cm³/mol. The van der Waals surface area contributed by atoms with E-state index in [0.29, 0.717) is 93.8 Å². The molecule has 0 aromatic heterocycles. The third-order valence-corrected chi connectivity index (χ3v) is 44.0. The summed E-state index contributed by atoms with van der Waals surface area (Å²) in [5.74, 6) is -4.82. The first-order valence-electron chi connectivity index (χ1n) is 51.7. The first-order chi connectivity index (χ1) is 65.1. The fraction of sp³-hybridized carbons (Fsp3) is 0.726. The Labute approximate surface area is 820 Å². The minimum atomic E-state index is -1.98. The zero-order valence-electron chi connectivity index (χ0n) is 84.3. The summed E-state index contributed by atoms with van der Waals surface area (Å²) in [4.78, 5) is 110. The molecule has 0 spiro atoms. The largest absolute Gasteiger partial charge is 0.393 e. The first kappa shape index (κ1) is 105. The number of aliphatic hydroxyl groups is 14. The number of Topliss-reactive ketones (excluding diaryl/α,β-unsaturated/α-hetero) is 4. The number of aliphatic hydroxyl groups excluding tert-OH is 10. The molecule has 40 atom stereocenters. The molecular formula is C113H152F2O25. The average Bonchev–Trinajstić information content (AvgIpc) is 1.47. The fourth-order valence-electron chi connectivity index (χ4n) is 37.4. The van der Waals surface area contributed by atoms with Gasteiger partial charge in [0.1, 0.15) is 43.2 Å². The number of carbonyl (C=O) groups is 9. The van der Waals surface area contributed by atoms with Crippen LogP contribution < -0.4 is 0 Å². The van der Waals surface area contributed by atoms with E-state index >= 15 is 8.78 Å². The normalized spacial score (nSPS) is 51.7. The van der Waals surface area contributed by atoms with Crippen LogP contribution in [0.2, 0.25) is 0 Å². The van der Waals surface area contributed by atoms with Crippen molar-refractivity contribution >= 4 is 52.0 Å². The zero-order valence-corrected chi connectivity index (χ0v) is 84.3. The van der Waals surface area contributed by atoms with Crippen molar-refractivity contribution in [2.24, 2.45) is 155 Å². The van der Waals surface area contributed by atoms with Gasteiger partial charge in [0.25, 0.3) is 0 Å². The number of alkyl halides is 2. The second-order valence-electron chi connectivity index (χ2n) is 50.0. The smallest absolute Gasteiger partial charge is 0.193 e. The molecule has 14 N–H and O–H groups in total. The first-order valence-corrected chi connectivity index (χ1v) is 51.7. The molecule has 0 radical (unpaired) electrons. The number of carbonyl (C=O) groups excluding carboxylic acids is 9. The Hall–Kier alpha value is -6.61. The van der Waals surface area contributed by atoms with Crippen LogP contribution in [-0.4, -0.2) is 238 Å². The van der Waals surface area contributed by atoms with Gasteiger partial charge in [0.2, 0.25) is 0 Å². The Morgan fingerprint density at radius 2 is 0.736 bits per heavy atom. The van der Waals surface area contributed by atoms with Gasteiger partial charge in [0.15, 0.2) is 74.8 Å². The predicted octanol–water partition coefficient (Wildman–Crippen LogP) is 10.7. The number of hydrogen-bond acceptors (Lipinski definition) is 25. The number of allylic oxidation sites excluding steroid dienone is 20. The van der Waals surface area contributed by atoms with E-state index in [9.17, 15) is 115 Å². The summed E-state index contributed by atoms with van der Waals surface area (Å²) in [6.45, 7) is 31.5. The van der Waals surface area contributed by atoms with Crippen molar-refractivity contribution in [3.63, 3.8) is 0 Å². The molecule has 0 amide bonds. The van der Waals surface area contributed by atoms with E-state index in [2.05, 4.69) is 41.2 Å². The zero-order chi connectivity index (χ0) is 103. The molecule has 0 bridgehead atoms. The van der Waals surface area contributed by atoms with Gasteiger partial charge in [0, 0.05) is 83.7 Å². The average molecular weight is 1950 g/mol. The molecule has 20 aliphatic carbocycles. The Balaban J connectivity index is 0.000000121. The van der Waals surface area contributed by atoms with Crippen LogP contribution in [0.15, 0.2) is 131 Å². The summed E-state index contributed by atoms with van der Waals surface area (Å²) >= 11 is 0. The Morgan fingerprint density at radius 1 is 0.386 bits per heavy atom. The van der Waals surface area contributed by atoms with Gasteiger partial charge in [-0.1, -0.05) is 148 Å². The van der Waals surface area contributed by atoms with E-state index in [4.69, 9.17) is 9.47 Å². The Bertz CT molecular complexity index is 5390. The van der Waals surface area contributed by atoms with Crippen LogP contribution in [-0.2, 0) is 52.6 Å². The third-order valence-electron chi connectivity index (χ3n) is 44.0. The number of ether oxygens (including phenoxy) is 2. The van der Waals surface area contributed by atoms with Gasteiger partial charge in [-0.25, -0.2) is 8.78 Å². The van der Waals surface area contributed by atoms with Crippen LogP contribution in [0, 0.1) is 155 Å². The number of fused-ring (bicyclic) bond motifs is 27. The molecule has 768 valence electrons. The maximum atomic E-state index is 16.9. The molecular weight excluding hydrogens is 1800 g/mol. The monoisotopic (exact) mass is 1950 g/mol. The summed E-state index contributed by atoms with van der Waals surface area (Å²) in [7, 11) is 0. The SMILES string of the molecule is C=C(CO)C1(O)CCC2C3CC(C)C4=CC(=O)C=CC4(C)C3C(O)CC21C.CC1(C)OC2CC3C4CCC5=CC(=O)C=CC5(C)C4C(O)CC3(C)C2(C(=O)CO)O1.CC1CC2C3CCC4=CC(=O)C=CC4(C)C3C(O)CC2(C)C1(O)C(=O)CO.C[C@@H]1CC2C3CCC4=CC(=O)C=CC4(C)C3(F)C(O)CC2(C)C1(O)C(=O)CO.C[C@H]1CC2C3CCC4=CC(=O)C=CC4(C)C3(F)C(O)CC2(C)C1(O)C(=O)CO. The van der Waals surface area contributed by atoms with Crippen molar-refractivity contribution in [1.29, 1.82) is 0 Å². The van der Waals surface area contributed by atoms with Crippen molar-refractivity contribution in [3.05, 3.63) is 131 Å². The highest BCUT2D eigenvalue weighted by molar-refractivity contribution is 6.04. The second kappa shape index (κ2) is 34.5. The lowest BCUT2D eigenvalue weighted by molar-refractivity contribution is -0.225. The highest BCUT2D eigenvalue weighted by atomic mass is 19.1. The van der Waals surface area contributed by atoms with E-state index in [1.165, 1.54) is 24.3 Å². The van der Waals surface area contributed by atoms with Gasteiger partial charge in [0.05, 0.1) is 48.8 Å². The van der Waals surface area contributed by atoms with Crippen LogP contribution in [0.5, 0.6) is 0 Å². The number of halogens is 2. The van der Waals surface area contributed by atoms with Gasteiger partial charge in [-0.3, -0.25) is 43.2 Å². The maximum Gasteiger partial charge on any atom is 0.193 e. The molecule has 1 heterocycles. The summed E-state index contributed by atoms with van der Waals surface area (Å²) in [5, 5.41) is 150. The molecule has 16 fully saturated rings. The lowest BCUT2D eigenvalue weighted by Gasteiger charge is -2.62. The second-order valence-corrected chi connectivity index (χ2v) is 50.0. The lowest BCUT2D eigenvalue weighted by atomic mass is 9.44. The van der Waals surface area contributed by atoms with E-state index in [0.717, 1.165) is 55.2 Å². The van der Waals surface area contributed by atoms with Gasteiger partial charge < -0.3 is 81.0 Å². The molecule has 0 aromatic rings. The molecule has 1 aliphatic heterocycles. The molecule has 21 aliphatic rings. The highest BCUT2D eigenvalue weighted by Crippen LogP contribution is 2.77. The number of hydrogen-bond donors (Lipinski definition) is 14. The minimum absolute atomic E-state index is 0.00784. The van der Waals surface area contributed by atoms with Gasteiger partial charge in [-0.2, -0.15) is 0 Å². The topological polar surface area (TPSA) is 455 Å². The molecule has 15 saturated carbocycles. The van der Waals surface area contributed by atoms with Crippen molar-refractivity contribution < 1.29 is 133 Å². The maximum absolute atomic E-state index is 16.9. The van der Waals surface area contributed by atoms with Crippen molar-refractivity contribution in [1.82, 2.24) is 0 Å².